The minimum atomic E-state index is -0.145. The van der Waals surface area contributed by atoms with E-state index in [4.69, 9.17) is 23.2 Å². The second-order valence-electron chi connectivity index (χ2n) is 7.18. The van der Waals surface area contributed by atoms with Crippen molar-refractivity contribution in [1.29, 1.82) is 0 Å². The third-order valence-corrected chi connectivity index (χ3v) is 6.47. The third-order valence-electron chi connectivity index (χ3n) is 4.88. The number of benzene rings is 3. The van der Waals surface area contributed by atoms with Gasteiger partial charge in [0.25, 0.3) is 0 Å². The molecule has 0 saturated carbocycles. The van der Waals surface area contributed by atoms with Crippen LogP contribution in [-0.4, -0.2) is 26.4 Å². The van der Waals surface area contributed by atoms with Crippen molar-refractivity contribution in [2.45, 2.75) is 18.6 Å². The molecule has 4 aromatic rings. The summed E-state index contributed by atoms with van der Waals surface area (Å²) in [7, 11) is 0. The summed E-state index contributed by atoms with van der Waals surface area (Å²) in [4.78, 5) is 12.6. The standard InChI is InChI=1S/C24H21Cl2N5OS/c1-16-20(26)8-5-9-21(16)28-23(32)15-33-24-30-29-22(31(24)19-6-3-2-4-7-19)14-27-18-12-10-17(25)11-13-18/h2-13,27H,14-15H2,1H3,(H,28,32). The number of aromatic nitrogens is 3. The molecule has 3 aromatic carbocycles. The maximum atomic E-state index is 12.6. The number of halogens is 2. The molecular weight excluding hydrogens is 477 g/mol. The molecule has 0 aliphatic rings. The van der Waals surface area contributed by atoms with Gasteiger partial charge in [0, 0.05) is 27.1 Å². The summed E-state index contributed by atoms with van der Waals surface area (Å²) < 4.78 is 1.95. The van der Waals surface area contributed by atoms with E-state index in [1.165, 1.54) is 11.8 Å². The average Bonchev–Trinajstić information content (AvgIpc) is 3.24. The van der Waals surface area contributed by atoms with Gasteiger partial charge in [-0.3, -0.25) is 9.36 Å². The normalized spacial score (nSPS) is 10.8. The van der Waals surface area contributed by atoms with Crippen LogP contribution in [0.3, 0.4) is 0 Å². The first-order chi connectivity index (χ1) is 16.0. The number of nitrogens with zero attached hydrogens (tertiary/aromatic N) is 3. The number of anilines is 2. The zero-order chi connectivity index (χ0) is 23.2. The Morgan fingerprint density at radius 2 is 1.73 bits per heavy atom. The van der Waals surface area contributed by atoms with Gasteiger partial charge >= 0.3 is 0 Å². The van der Waals surface area contributed by atoms with E-state index in [1.807, 2.05) is 78.2 Å². The minimum Gasteiger partial charge on any atom is -0.378 e. The van der Waals surface area contributed by atoms with E-state index >= 15 is 0 Å². The van der Waals surface area contributed by atoms with E-state index in [2.05, 4.69) is 20.8 Å². The number of nitrogens with one attached hydrogen (secondary N) is 2. The van der Waals surface area contributed by atoms with Gasteiger partial charge < -0.3 is 10.6 Å². The molecule has 0 aliphatic heterocycles. The van der Waals surface area contributed by atoms with E-state index in [1.54, 1.807) is 6.07 Å². The molecule has 2 N–H and O–H groups in total. The van der Waals surface area contributed by atoms with Gasteiger partial charge in [-0.05, 0) is 61.0 Å². The first kappa shape index (κ1) is 23.2. The Kier molecular flexibility index (Phi) is 7.54. The van der Waals surface area contributed by atoms with Crippen molar-refractivity contribution in [3.8, 4) is 5.69 Å². The van der Waals surface area contributed by atoms with Crippen LogP contribution in [0.15, 0.2) is 78.0 Å². The fourth-order valence-corrected chi connectivity index (χ4v) is 4.22. The Hall–Kier alpha value is -3.00. The van der Waals surface area contributed by atoms with Gasteiger partial charge in [-0.15, -0.1) is 10.2 Å². The lowest BCUT2D eigenvalue weighted by Gasteiger charge is -2.12. The zero-order valence-corrected chi connectivity index (χ0v) is 20.1. The van der Waals surface area contributed by atoms with Crippen LogP contribution in [-0.2, 0) is 11.3 Å². The van der Waals surface area contributed by atoms with Crippen LogP contribution in [0.5, 0.6) is 0 Å². The van der Waals surface area contributed by atoms with E-state index in [9.17, 15) is 4.79 Å². The predicted octanol–water partition coefficient (Wildman–Crippen LogP) is 6.23. The molecule has 6 nitrogen and oxygen atoms in total. The van der Waals surface area contributed by atoms with Gasteiger partial charge in [0.2, 0.25) is 5.91 Å². The number of carbonyl (C=O) groups excluding carboxylic acids is 1. The first-order valence-corrected chi connectivity index (χ1v) is 11.9. The summed E-state index contributed by atoms with van der Waals surface area (Å²) in [5.74, 6) is 0.764. The SMILES string of the molecule is Cc1c(Cl)cccc1NC(=O)CSc1nnc(CNc2ccc(Cl)cc2)n1-c1ccccc1. The molecule has 0 spiro atoms. The van der Waals surface area contributed by atoms with E-state index in [0.717, 1.165) is 22.8 Å². The Labute approximate surface area is 206 Å². The topological polar surface area (TPSA) is 71.8 Å². The quantitative estimate of drug-likeness (QED) is 0.282. The molecule has 1 aromatic heterocycles. The van der Waals surface area contributed by atoms with Crippen LogP contribution < -0.4 is 10.6 Å². The first-order valence-electron chi connectivity index (χ1n) is 10.2. The molecule has 168 valence electrons. The molecule has 0 bridgehead atoms. The number of carbonyl (C=O) groups is 1. The van der Waals surface area contributed by atoms with Crippen molar-refractivity contribution in [2.24, 2.45) is 0 Å². The molecular formula is C24H21Cl2N5OS. The molecule has 4 rings (SSSR count). The molecule has 0 atom stereocenters. The lowest BCUT2D eigenvalue weighted by molar-refractivity contribution is -0.113. The fraction of sp³-hybridized carbons (Fsp3) is 0.125. The maximum Gasteiger partial charge on any atom is 0.234 e. The smallest absolute Gasteiger partial charge is 0.234 e. The second-order valence-corrected chi connectivity index (χ2v) is 8.97. The van der Waals surface area contributed by atoms with Gasteiger partial charge in [0.05, 0.1) is 12.3 Å². The number of thioether (sulfide) groups is 1. The van der Waals surface area contributed by atoms with Crippen LogP contribution in [0.1, 0.15) is 11.4 Å². The number of hydrogen-bond acceptors (Lipinski definition) is 5. The van der Waals surface area contributed by atoms with Crippen molar-refractivity contribution in [2.75, 3.05) is 16.4 Å². The Morgan fingerprint density at radius 3 is 2.48 bits per heavy atom. The highest BCUT2D eigenvalue weighted by atomic mass is 35.5. The lowest BCUT2D eigenvalue weighted by Crippen LogP contribution is -2.15. The van der Waals surface area contributed by atoms with Crippen LogP contribution >= 0.6 is 35.0 Å². The van der Waals surface area contributed by atoms with Crippen molar-refractivity contribution < 1.29 is 4.79 Å². The van der Waals surface area contributed by atoms with Gasteiger partial charge in [0.1, 0.15) is 0 Å². The summed E-state index contributed by atoms with van der Waals surface area (Å²) >= 11 is 13.4. The third kappa shape index (κ3) is 5.87. The Balaban J connectivity index is 1.49. The molecule has 0 unspecified atom stereocenters. The lowest BCUT2D eigenvalue weighted by atomic mass is 10.2. The van der Waals surface area contributed by atoms with Crippen LogP contribution in [0, 0.1) is 6.92 Å². The second kappa shape index (κ2) is 10.7. The number of rotatable bonds is 8. The number of amides is 1. The zero-order valence-electron chi connectivity index (χ0n) is 17.8. The van der Waals surface area contributed by atoms with E-state index < -0.39 is 0 Å². The molecule has 0 saturated heterocycles. The maximum absolute atomic E-state index is 12.6. The van der Waals surface area contributed by atoms with Crippen molar-refractivity contribution in [3.05, 3.63) is 94.2 Å². The highest BCUT2D eigenvalue weighted by Crippen LogP contribution is 2.25. The monoisotopic (exact) mass is 497 g/mol. The average molecular weight is 498 g/mol. The van der Waals surface area contributed by atoms with Crippen molar-refractivity contribution >= 4 is 52.2 Å². The molecule has 9 heteroatoms. The molecule has 0 aliphatic carbocycles. The summed E-state index contributed by atoms with van der Waals surface area (Å²) in [6.07, 6.45) is 0. The fourth-order valence-electron chi connectivity index (χ4n) is 3.15. The van der Waals surface area contributed by atoms with Crippen LogP contribution in [0.4, 0.5) is 11.4 Å². The summed E-state index contributed by atoms with van der Waals surface area (Å²) in [5.41, 5.74) is 3.38. The Morgan fingerprint density at radius 1 is 0.970 bits per heavy atom. The van der Waals surface area contributed by atoms with Gasteiger partial charge in [-0.25, -0.2) is 0 Å². The van der Waals surface area contributed by atoms with Crippen molar-refractivity contribution in [1.82, 2.24) is 14.8 Å². The number of hydrogen-bond donors (Lipinski definition) is 2. The minimum absolute atomic E-state index is 0.145. The molecule has 0 fully saturated rings. The van der Waals surface area contributed by atoms with E-state index in [-0.39, 0.29) is 11.7 Å². The summed E-state index contributed by atoms with van der Waals surface area (Å²) in [6, 6.07) is 22.7. The molecule has 0 radical (unpaired) electrons. The van der Waals surface area contributed by atoms with Crippen LogP contribution in [0.25, 0.3) is 5.69 Å². The van der Waals surface area contributed by atoms with E-state index in [0.29, 0.717) is 27.4 Å². The predicted molar refractivity (Wildman–Crippen MR) is 136 cm³/mol. The largest absolute Gasteiger partial charge is 0.378 e. The number of para-hydroxylation sites is 1. The summed E-state index contributed by atoms with van der Waals surface area (Å²) in [5, 5.41) is 16.9. The molecule has 1 heterocycles. The molecule has 1 amide bonds. The van der Waals surface area contributed by atoms with Crippen LogP contribution in [0.2, 0.25) is 10.0 Å². The summed E-state index contributed by atoms with van der Waals surface area (Å²) in [6.45, 7) is 2.33. The van der Waals surface area contributed by atoms with Gasteiger partial charge in [-0.1, -0.05) is 59.2 Å². The highest BCUT2D eigenvalue weighted by molar-refractivity contribution is 7.99. The highest BCUT2D eigenvalue weighted by Gasteiger charge is 2.16. The van der Waals surface area contributed by atoms with Gasteiger partial charge in [0.15, 0.2) is 11.0 Å². The Bertz CT molecular complexity index is 1250. The van der Waals surface area contributed by atoms with Gasteiger partial charge in [-0.2, -0.15) is 0 Å². The van der Waals surface area contributed by atoms with Crippen molar-refractivity contribution in [3.63, 3.8) is 0 Å². The molecule has 33 heavy (non-hydrogen) atoms.